The quantitative estimate of drug-likeness (QED) is 0.831. The van der Waals surface area contributed by atoms with Gasteiger partial charge in [0.25, 0.3) is 0 Å². The summed E-state index contributed by atoms with van der Waals surface area (Å²) in [7, 11) is 0. The van der Waals surface area contributed by atoms with Crippen LogP contribution in [0.3, 0.4) is 0 Å². The molecule has 1 fully saturated rings. The van der Waals surface area contributed by atoms with E-state index in [1.165, 1.54) is 19.3 Å². The molecule has 20 heavy (non-hydrogen) atoms. The van der Waals surface area contributed by atoms with Crippen molar-refractivity contribution >= 4 is 5.82 Å². The van der Waals surface area contributed by atoms with Gasteiger partial charge in [0.05, 0.1) is 11.9 Å². The second kappa shape index (κ2) is 7.58. The van der Waals surface area contributed by atoms with Gasteiger partial charge in [-0.1, -0.05) is 27.2 Å². The van der Waals surface area contributed by atoms with E-state index in [9.17, 15) is 0 Å². The van der Waals surface area contributed by atoms with Crippen LogP contribution < -0.4 is 10.2 Å². The number of hydrogen-bond acceptors (Lipinski definition) is 4. The van der Waals surface area contributed by atoms with Crippen molar-refractivity contribution in [1.29, 1.82) is 0 Å². The van der Waals surface area contributed by atoms with Crippen molar-refractivity contribution in [3.05, 3.63) is 18.1 Å². The van der Waals surface area contributed by atoms with Crippen molar-refractivity contribution in [2.75, 3.05) is 24.5 Å². The average Bonchev–Trinajstić information content (AvgIpc) is 2.88. The maximum Gasteiger partial charge on any atom is 0.147 e. The van der Waals surface area contributed by atoms with E-state index in [2.05, 4.69) is 36.0 Å². The van der Waals surface area contributed by atoms with Crippen LogP contribution >= 0.6 is 0 Å². The SMILES string of the molecule is CCCC1CCN(c2cncc(CNCC(C)C)n2)C1. The lowest BCUT2D eigenvalue weighted by molar-refractivity contribution is 0.529. The lowest BCUT2D eigenvalue weighted by Crippen LogP contribution is -2.23. The van der Waals surface area contributed by atoms with Crippen LogP contribution in [0.5, 0.6) is 0 Å². The van der Waals surface area contributed by atoms with Gasteiger partial charge in [0.1, 0.15) is 5.82 Å². The van der Waals surface area contributed by atoms with Crippen molar-refractivity contribution < 1.29 is 0 Å². The monoisotopic (exact) mass is 276 g/mol. The molecular formula is C16H28N4. The summed E-state index contributed by atoms with van der Waals surface area (Å²) in [6.07, 6.45) is 7.69. The highest BCUT2D eigenvalue weighted by molar-refractivity contribution is 5.37. The summed E-state index contributed by atoms with van der Waals surface area (Å²) >= 11 is 0. The third-order valence-electron chi connectivity index (χ3n) is 3.84. The van der Waals surface area contributed by atoms with Crippen LogP contribution in [0.25, 0.3) is 0 Å². The maximum absolute atomic E-state index is 4.75. The Kier molecular flexibility index (Phi) is 5.77. The van der Waals surface area contributed by atoms with E-state index >= 15 is 0 Å². The molecule has 2 rings (SSSR count). The zero-order valence-corrected chi connectivity index (χ0v) is 13.1. The van der Waals surface area contributed by atoms with E-state index in [0.717, 1.165) is 43.6 Å². The largest absolute Gasteiger partial charge is 0.355 e. The number of hydrogen-bond donors (Lipinski definition) is 1. The fourth-order valence-corrected chi connectivity index (χ4v) is 2.81. The van der Waals surface area contributed by atoms with Crippen molar-refractivity contribution in [3.63, 3.8) is 0 Å². The van der Waals surface area contributed by atoms with Gasteiger partial charge in [-0.2, -0.15) is 0 Å². The van der Waals surface area contributed by atoms with Crippen LogP contribution in [0, 0.1) is 11.8 Å². The fourth-order valence-electron chi connectivity index (χ4n) is 2.81. The zero-order chi connectivity index (χ0) is 14.4. The van der Waals surface area contributed by atoms with Crippen molar-refractivity contribution in [2.24, 2.45) is 11.8 Å². The van der Waals surface area contributed by atoms with Crippen LogP contribution in [0.15, 0.2) is 12.4 Å². The molecule has 1 saturated heterocycles. The van der Waals surface area contributed by atoms with Crippen LogP contribution in [0.2, 0.25) is 0 Å². The van der Waals surface area contributed by atoms with Crippen LogP contribution in [-0.2, 0) is 6.54 Å². The fraction of sp³-hybridized carbons (Fsp3) is 0.750. The van der Waals surface area contributed by atoms with Crippen molar-refractivity contribution in [2.45, 2.75) is 46.6 Å². The van der Waals surface area contributed by atoms with Crippen molar-refractivity contribution in [3.8, 4) is 0 Å². The smallest absolute Gasteiger partial charge is 0.147 e. The third-order valence-corrected chi connectivity index (χ3v) is 3.84. The van der Waals surface area contributed by atoms with Crippen LogP contribution in [-0.4, -0.2) is 29.6 Å². The summed E-state index contributed by atoms with van der Waals surface area (Å²) in [6.45, 7) is 10.8. The van der Waals surface area contributed by atoms with Gasteiger partial charge in [0, 0.05) is 25.8 Å². The van der Waals surface area contributed by atoms with E-state index in [0.29, 0.717) is 5.92 Å². The highest BCUT2D eigenvalue weighted by Crippen LogP contribution is 2.24. The minimum Gasteiger partial charge on any atom is -0.355 e. The van der Waals surface area contributed by atoms with Gasteiger partial charge < -0.3 is 10.2 Å². The predicted octanol–water partition coefficient (Wildman–Crippen LogP) is 2.85. The first kappa shape index (κ1) is 15.2. The maximum atomic E-state index is 4.75. The molecule has 1 aliphatic heterocycles. The van der Waals surface area contributed by atoms with Gasteiger partial charge in [0.15, 0.2) is 0 Å². The summed E-state index contributed by atoms with van der Waals surface area (Å²) in [5.41, 5.74) is 1.04. The predicted molar refractivity (Wildman–Crippen MR) is 83.8 cm³/mol. The molecule has 0 aromatic carbocycles. The molecule has 1 atom stereocenters. The molecule has 4 nitrogen and oxygen atoms in total. The molecule has 1 N–H and O–H groups in total. The molecule has 4 heteroatoms. The van der Waals surface area contributed by atoms with E-state index < -0.39 is 0 Å². The normalized spacial score (nSPS) is 19.0. The number of nitrogens with one attached hydrogen (secondary N) is 1. The number of nitrogens with zero attached hydrogens (tertiary/aromatic N) is 3. The molecular weight excluding hydrogens is 248 g/mol. The summed E-state index contributed by atoms with van der Waals surface area (Å²) in [5.74, 6) is 2.55. The molecule has 1 unspecified atom stereocenters. The molecule has 0 amide bonds. The van der Waals surface area contributed by atoms with Gasteiger partial charge in [-0.05, 0) is 31.2 Å². The second-order valence-electron chi connectivity index (χ2n) is 6.28. The Morgan fingerprint density at radius 2 is 2.25 bits per heavy atom. The molecule has 1 aromatic heterocycles. The van der Waals surface area contributed by atoms with Crippen LogP contribution in [0.1, 0.15) is 45.7 Å². The Balaban J connectivity index is 1.89. The second-order valence-corrected chi connectivity index (χ2v) is 6.28. The molecule has 2 heterocycles. The number of aromatic nitrogens is 2. The molecule has 0 radical (unpaired) electrons. The highest BCUT2D eigenvalue weighted by atomic mass is 15.2. The van der Waals surface area contributed by atoms with Gasteiger partial charge in [-0.25, -0.2) is 4.98 Å². The zero-order valence-electron chi connectivity index (χ0n) is 13.1. The van der Waals surface area contributed by atoms with Gasteiger partial charge >= 0.3 is 0 Å². The molecule has 1 aliphatic rings. The first-order valence-corrected chi connectivity index (χ1v) is 7.95. The first-order valence-electron chi connectivity index (χ1n) is 7.95. The van der Waals surface area contributed by atoms with Gasteiger partial charge in [0.2, 0.25) is 0 Å². The Morgan fingerprint density at radius 3 is 3.00 bits per heavy atom. The highest BCUT2D eigenvalue weighted by Gasteiger charge is 2.22. The molecule has 0 bridgehead atoms. The molecule has 112 valence electrons. The minimum atomic E-state index is 0.666. The topological polar surface area (TPSA) is 41.1 Å². The molecule has 0 spiro atoms. The summed E-state index contributed by atoms with van der Waals surface area (Å²) < 4.78 is 0. The summed E-state index contributed by atoms with van der Waals surface area (Å²) in [5, 5.41) is 3.43. The molecule has 0 saturated carbocycles. The lowest BCUT2D eigenvalue weighted by Gasteiger charge is -2.18. The molecule has 0 aliphatic carbocycles. The summed E-state index contributed by atoms with van der Waals surface area (Å²) in [6, 6.07) is 0. The van der Waals surface area contributed by atoms with E-state index in [1.54, 1.807) is 0 Å². The van der Waals surface area contributed by atoms with E-state index in [1.807, 2.05) is 12.4 Å². The third kappa shape index (κ3) is 4.44. The van der Waals surface area contributed by atoms with E-state index in [4.69, 9.17) is 4.98 Å². The van der Waals surface area contributed by atoms with Gasteiger partial charge in [-0.15, -0.1) is 0 Å². The minimum absolute atomic E-state index is 0.666. The number of anilines is 1. The van der Waals surface area contributed by atoms with Crippen molar-refractivity contribution in [1.82, 2.24) is 15.3 Å². The average molecular weight is 276 g/mol. The molecule has 1 aromatic rings. The Labute approximate surface area is 123 Å². The Morgan fingerprint density at radius 1 is 1.40 bits per heavy atom. The van der Waals surface area contributed by atoms with Crippen LogP contribution in [0.4, 0.5) is 5.82 Å². The lowest BCUT2D eigenvalue weighted by atomic mass is 10.0. The van der Waals surface area contributed by atoms with E-state index in [-0.39, 0.29) is 0 Å². The Bertz CT molecular complexity index is 405. The standard InChI is InChI=1S/C16H28N4/c1-4-5-14-6-7-20(12-14)16-11-18-10-15(19-16)9-17-8-13(2)3/h10-11,13-14,17H,4-9,12H2,1-3H3. The Hall–Kier alpha value is -1.16. The first-order chi connectivity index (χ1) is 9.69. The van der Waals surface area contributed by atoms with Gasteiger partial charge in [-0.3, -0.25) is 4.98 Å². The number of rotatable bonds is 7. The summed E-state index contributed by atoms with van der Waals surface area (Å²) in [4.78, 5) is 11.5.